The summed E-state index contributed by atoms with van der Waals surface area (Å²) in [5.74, 6) is 0.771. The molecule has 1 aliphatic heterocycles. The lowest BCUT2D eigenvalue weighted by atomic mass is 10.0. The summed E-state index contributed by atoms with van der Waals surface area (Å²) in [5, 5.41) is 10.9. The van der Waals surface area contributed by atoms with Gasteiger partial charge in [0.15, 0.2) is 0 Å². The molecule has 0 aromatic heterocycles. The quantitative estimate of drug-likeness (QED) is 0.870. The number of rotatable bonds is 5. The second kappa shape index (κ2) is 7.30. The fraction of sp³-hybridized carbons (Fsp3) is 0.625. The van der Waals surface area contributed by atoms with E-state index in [9.17, 15) is 5.11 Å². The average Bonchev–Trinajstić information content (AvgIpc) is 2.43. The van der Waals surface area contributed by atoms with Crippen molar-refractivity contribution < 1.29 is 14.7 Å². The number of nitrogens with one attached hydrogen (secondary N) is 1. The molecule has 20 heavy (non-hydrogen) atoms. The summed E-state index contributed by atoms with van der Waals surface area (Å²) >= 11 is 5.98. The average molecular weight is 299 g/mol. The second-order valence-electron chi connectivity index (χ2n) is 5.89. The molecule has 1 heterocycles. The van der Waals surface area contributed by atoms with E-state index in [0.29, 0.717) is 12.6 Å². The molecule has 0 radical (unpaired) electrons. The molecule has 0 saturated carbocycles. The largest absolute Gasteiger partial charge is 0.491 e. The van der Waals surface area contributed by atoms with Crippen molar-refractivity contribution >= 4 is 11.6 Å². The molecule has 3 nitrogen and oxygen atoms in total. The maximum absolute atomic E-state index is 10.1. The highest BCUT2D eigenvalue weighted by atomic mass is 35.5. The zero-order chi connectivity index (χ0) is 14.5. The number of hydrogen-bond acceptors (Lipinski definition) is 2. The van der Waals surface area contributed by atoms with Crippen LogP contribution in [0.4, 0.5) is 0 Å². The molecule has 0 bridgehead atoms. The van der Waals surface area contributed by atoms with Gasteiger partial charge < -0.3 is 14.7 Å². The summed E-state index contributed by atoms with van der Waals surface area (Å²) in [6.45, 7) is 6.50. The normalized spacial score (nSPS) is 24.4. The van der Waals surface area contributed by atoms with Gasteiger partial charge in [0.05, 0.1) is 12.6 Å². The van der Waals surface area contributed by atoms with Crippen molar-refractivity contribution in [1.29, 1.82) is 0 Å². The van der Waals surface area contributed by atoms with Crippen LogP contribution < -0.4 is 9.64 Å². The molecule has 1 aliphatic rings. The summed E-state index contributed by atoms with van der Waals surface area (Å²) < 4.78 is 5.66. The summed E-state index contributed by atoms with van der Waals surface area (Å²) in [5.41, 5.74) is 0.994. The van der Waals surface area contributed by atoms with E-state index in [1.807, 2.05) is 25.1 Å². The molecule has 3 atom stereocenters. The van der Waals surface area contributed by atoms with Gasteiger partial charge in [0.25, 0.3) is 0 Å². The third-order valence-corrected chi connectivity index (χ3v) is 4.58. The van der Waals surface area contributed by atoms with E-state index in [1.165, 1.54) is 24.2 Å². The van der Waals surface area contributed by atoms with E-state index in [2.05, 4.69) is 6.92 Å². The highest BCUT2D eigenvalue weighted by Gasteiger charge is 2.24. The Bertz CT molecular complexity index is 438. The first-order valence-corrected chi connectivity index (χ1v) is 7.85. The number of likely N-dealkylation sites (tertiary alicyclic amines) is 1. The predicted octanol–water partition coefficient (Wildman–Crippen LogP) is 1.85. The first-order valence-electron chi connectivity index (χ1n) is 7.48. The zero-order valence-electron chi connectivity index (χ0n) is 12.4. The van der Waals surface area contributed by atoms with Crippen LogP contribution in [0.2, 0.25) is 5.02 Å². The fourth-order valence-electron chi connectivity index (χ4n) is 2.82. The van der Waals surface area contributed by atoms with E-state index in [4.69, 9.17) is 16.3 Å². The van der Waals surface area contributed by atoms with Crippen LogP contribution in [0.5, 0.6) is 5.75 Å². The van der Waals surface area contributed by atoms with Crippen LogP contribution in [0.25, 0.3) is 0 Å². The first kappa shape index (κ1) is 15.6. The second-order valence-corrected chi connectivity index (χ2v) is 6.29. The lowest BCUT2D eigenvalue weighted by Crippen LogP contribution is -3.17. The van der Waals surface area contributed by atoms with Gasteiger partial charge in [-0.3, -0.25) is 0 Å². The number of halogens is 1. The molecular formula is C16H25ClNO2+. The first-order chi connectivity index (χ1) is 9.56. The fourth-order valence-corrected chi connectivity index (χ4v) is 2.93. The molecule has 1 fully saturated rings. The maximum atomic E-state index is 10.1. The Morgan fingerprint density at radius 3 is 2.95 bits per heavy atom. The van der Waals surface area contributed by atoms with Gasteiger partial charge in [0, 0.05) is 5.02 Å². The van der Waals surface area contributed by atoms with Crippen LogP contribution >= 0.6 is 11.6 Å². The van der Waals surface area contributed by atoms with Gasteiger partial charge in [-0.05, 0) is 56.9 Å². The Hall–Kier alpha value is -0.770. The SMILES string of the molecule is Cc1cc(OC[C@H](O)C[NH+]2CCCC[C@@H]2C)ccc1Cl. The topological polar surface area (TPSA) is 33.9 Å². The summed E-state index contributed by atoms with van der Waals surface area (Å²) in [6, 6.07) is 6.23. The molecule has 1 aromatic rings. The van der Waals surface area contributed by atoms with Gasteiger partial charge >= 0.3 is 0 Å². The Morgan fingerprint density at radius 2 is 2.25 bits per heavy atom. The van der Waals surface area contributed by atoms with E-state index in [1.54, 1.807) is 0 Å². The summed E-state index contributed by atoms with van der Waals surface area (Å²) in [4.78, 5) is 1.50. The van der Waals surface area contributed by atoms with E-state index in [-0.39, 0.29) is 0 Å². The van der Waals surface area contributed by atoms with Gasteiger partial charge in [-0.25, -0.2) is 0 Å². The van der Waals surface area contributed by atoms with Gasteiger partial charge in [-0.15, -0.1) is 0 Å². The smallest absolute Gasteiger partial charge is 0.137 e. The minimum absolute atomic E-state index is 0.345. The molecule has 0 spiro atoms. The van der Waals surface area contributed by atoms with Crippen LogP contribution in [-0.4, -0.2) is 36.9 Å². The standard InChI is InChI=1S/C16H24ClNO2/c1-12-9-15(6-7-16(12)17)20-11-14(19)10-18-8-4-3-5-13(18)2/h6-7,9,13-14,19H,3-5,8,10-11H2,1-2H3/p+1/t13-,14+/m0/s1. The highest BCUT2D eigenvalue weighted by Crippen LogP contribution is 2.21. The van der Waals surface area contributed by atoms with Crippen molar-refractivity contribution in [1.82, 2.24) is 0 Å². The van der Waals surface area contributed by atoms with Gasteiger partial charge in [0.1, 0.15) is 25.0 Å². The number of ether oxygens (including phenoxy) is 1. The lowest BCUT2D eigenvalue weighted by Gasteiger charge is -2.31. The lowest BCUT2D eigenvalue weighted by molar-refractivity contribution is -0.931. The molecule has 1 saturated heterocycles. The van der Waals surface area contributed by atoms with Crippen molar-refractivity contribution in [3.8, 4) is 5.75 Å². The number of hydrogen-bond donors (Lipinski definition) is 2. The number of aryl methyl sites for hydroxylation is 1. The monoisotopic (exact) mass is 298 g/mol. The predicted molar refractivity (Wildman–Crippen MR) is 81.7 cm³/mol. The van der Waals surface area contributed by atoms with Crippen molar-refractivity contribution in [3.05, 3.63) is 28.8 Å². The molecule has 2 rings (SSSR count). The van der Waals surface area contributed by atoms with Crippen molar-refractivity contribution in [2.24, 2.45) is 0 Å². The maximum Gasteiger partial charge on any atom is 0.137 e. The number of aliphatic hydroxyl groups is 1. The van der Waals surface area contributed by atoms with Gasteiger partial charge in [0.2, 0.25) is 0 Å². The van der Waals surface area contributed by atoms with Crippen LogP contribution in [0.1, 0.15) is 31.7 Å². The molecule has 1 unspecified atom stereocenters. The summed E-state index contributed by atoms with van der Waals surface area (Å²) in [6.07, 6.45) is 3.44. The van der Waals surface area contributed by atoms with E-state index in [0.717, 1.165) is 29.4 Å². The minimum atomic E-state index is -0.415. The Morgan fingerprint density at radius 1 is 1.45 bits per heavy atom. The zero-order valence-corrected chi connectivity index (χ0v) is 13.1. The van der Waals surface area contributed by atoms with Crippen molar-refractivity contribution in [3.63, 3.8) is 0 Å². The van der Waals surface area contributed by atoms with E-state index < -0.39 is 6.10 Å². The van der Waals surface area contributed by atoms with Crippen LogP contribution in [0.15, 0.2) is 18.2 Å². The summed E-state index contributed by atoms with van der Waals surface area (Å²) in [7, 11) is 0. The minimum Gasteiger partial charge on any atom is -0.491 e. The number of quaternary nitrogens is 1. The Balaban J connectivity index is 1.79. The Kier molecular flexibility index (Phi) is 5.70. The third kappa shape index (κ3) is 4.37. The highest BCUT2D eigenvalue weighted by molar-refractivity contribution is 6.31. The molecule has 2 N–H and O–H groups in total. The van der Waals surface area contributed by atoms with E-state index >= 15 is 0 Å². The van der Waals surface area contributed by atoms with Crippen LogP contribution in [0, 0.1) is 6.92 Å². The molecule has 0 amide bonds. The van der Waals surface area contributed by atoms with Gasteiger partial charge in [-0.1, -0.05) is 11.6 Å². The molecular weight excluding hydrogens is 274 g/mol. The molecule has 0 aliphatic carbocycles. The van der Waals surface area contributed by atoms with Crippen molar-refractivity contribution in [2.75, 3.05) is 19.7 Å². The Labute approximate surface area is 126 Å². The third-order valence-electron chi connectivity index (χ3n) is 4.15. The van der Waals surface area contributed by atoms with Crippen LogP contribution in [-0.2, 0) is 0 Å². The number of aliphatic hydroxyl groups excluding tert-OH is 1. The molecule has 112 valence electrons. The van der Waals surface area contributed by atoms with Crippen molar-refractivity contribution in [2.45, 2.75) is 45.3 Å². The molecule has 4 heteroatoms. The number of piperidine rings is 1. The number of benzene rings is 1. The molecule has 1 aromatic carbocycles. The van der Waals surface area contributed by atoms with Gasteiger partial charge in [-0.2, -0.15) is 0 Å². The van der Waals surface area contributed by atoms with Crippen LogP contribution in [0.3, 0.4) is 0 Å².